The largest absolute Gasteiger partial charge is 0.465 e. The topological polar surface area (TPSA) is 74.8 Å². The number of carbonyl (C=O) groups excluding carboxylic acids is 2. The molecule has 0 spiro atoms. The van der Waals surface area contributed by atoms with Crippen LogP contribution in [0.2, 0.25) is 0 Å². The normalized spacial score (nSPS) is 15.4. The van der Waals surface area contributed by atoms with Gasteiger partial charge in [0.1, 0.15) is 9.71 Å². The van der Waals surface area contributed by atoms with E-state index in [4.69, 9.17) is 9.72 Å². The molecule has 170 valence electrons. The summed E-state index contributed by atoms with van der Waals surface area (Å²) in [7, 11) is 1.34. The molecule has 0 radical (unpaired) electrons. The Kier molecular flexibility index (Phi) is 6.90. The summed E-state index contributed by atoms with van der Waals surface area (Å²) in [6, 6.07) is 8.19. The van der Waals surface area contributed by atoms with Gasteiger partial charge in [-0.1, -0.05) is 0 Å². The van der Waals surface area contributed by atoms with E-state index in [1.54, 1.807) is 6.07 Å². The SMILES string of the molecule is COC(=O)c1sc2nc(CN3CCN(C(C)C)CC3)ccc2c1NC(=O)c1ccc(C)s1. The molecule has 4 rings (SSSR count). The number of methoxy groups -OCH3 is 1. The van der Waals surface area contributed by atoms with Crippen LogP contribution in [0.25, 0.3) is 10.2 Å². The number of ether oxygens (including phenoxy) is 1. The molecule has 0 atom stereocenters. The zero-order chi connectivity index (χ0) is 22.8. The van der Waals surface area contributed by atoms with Crippen molar-refractivity contribution in [3.05, 3.63) is 44.6 Å². The molecule has 0 aromatic carbocycles. The predicted molar refractivity (Wildman–Crippen MR) is 130 cm³/mol. The standard InChI is InChI=1S/C23H28N4O3S2/c1-14(2)27-11-9-26(10-12-27)13-16-6-7-17-19(20(23(29)30-4)32-22(17)24-16)25-21(28)18-8-5-15(3)31-18/h5-8,14H,9-13H2,1-4H3,(H,25,28). The van der Waals surface area contributed by atoms with Crippen molar-refractivity contribution >= 4 is 50.5 Å². The van der Waals surface area contributed by atoms with Gasteiger partial charge in [0.05, 0.1) is 23.4 Å². The summed E-state index contributed by atoms with van der Waals surface area (Å²) in [5.41, 5.74) is 1.43. The van der Waals surface area contributed by atoms with Crippen LogP contribution in [-0.2, 0) is 11.3 Å². The maximum absolute atomic E-state index is 12.8. The van der Waals surface area contributed by atoms with Gasteiger partial charge in [-0.3, -0.25) is 14.6 Å². The fourth-order valence-corrected chi connectivity index (χ4v) is 5.69. The van der Waals surface area contributed by atoms with Crippen LogP contribution in [0.15, 0.2) is 24.3 Å². The van der Waals surface area contributed by atoms with Crippen LogP contribution in [0.3, 0.4) is 0 Å². The molecule has 0 saturated carbocycles. The number of anilines is 1. The third-order valence-corrected chi connectivity index (χ3v) is 7.79. The lowest BCUT2D eigenvalue weighted by atomic mass is 10.2. The van der Waals surface area contributed by atoms with E-state index in [1.165, 1.54) is 29.8 Å². The third-order valence-electron chi connectivity index (χ3n) is 5.71. The minimum absolute atomic E-state index is 0.236. The number of nitrogens with zero attached hydrogens (tertiary/aromatic N) is 3. The van der Waals surface area contributed by atoms with Gasteiger partial charge in [0.2, 0.25) is 0 Å². The number of aromatic nitrogens is 1. The summed E-state index contributed by atoms with van der Waals surface area (Å²) in [5, 5.41) is 3.67. The molecule has 1 amide bonds. The smallest absolute Gasteiger partial charge is 0.350 e. The van der Waals surface area contributed by atoms with Gasteiger partial charge in [0.25, 0.3) is 5.91 Å². The van der Waals surface area contributed by atoms with Gasteiger partial charge in [-0.15, -0.1) is 22.7 Å². The monoisotopic (exact) mass is 472 g/mol. The molecule has 1 saturated heterocycles. The molecule has 3 aromatic heterocycles. The fourth-order valence-electron chi connectivity index (χ4n) is 3.86. The van der Waals surface area contributed by atoms with Crippen LogP contribution in [0.5, 0.6) is 0 Å². The number of amides is 1. The Morgan fingerprint density at radius 3 is 2.50 bits per heavy atom. The average Bonchev–Trinajstić information content (AvgIpc) is 3.37. The Morgan fingerprint density at radius 1 is 1.12 bits per heavy atom. The lowest BCUT2D eigenvalue weighted by Gasteiger charge is -2.36. The number of pyridine rings is 1. The summed E-state index contributed by atoms with van der Waals surface area (Å²) < 4.78 is 4.96. The van der Waals surface area contributed by atoms with Crippen molar-refractivity contribution in [1.29, 1.82) is 0 Å². The van der Waals surface area contributed by atoms with Gasteiger partial charge in [-0.2, -0.15) is 0 Å². The van der Waals surface area contributed by atoms with Gasteiger partial charge in [-0.05, 0) is 45.0 Å². The number of fused-ring (bicyclic) bond motifs is 1. The molecule has 9 heteroatoms. The molecule has 32 heavy (non-hydrogen) atoms. The van der Waals surface area contributed by atoms with Gasteiger partial charge < -0.3 is 10.1 Å². The molecule has 3 aromatic rings. The molecule has 0 bridgehead atoms. The third kappa shape index (κ3) is 4.85. The van der Waals surface area contributed by atoms with E-state index >= 15 is 0 Å². The molecule has 7 nitrogen and oxygen atoms in total. The molecule has 0 aliphatic carbocycles. The van der Waals surface area contributed by atoms with Crippen LogP contribution < -0.4 is 5.32 Å². The van der Waals surface area contributed by atoms with Crippen LogP contribution in [-0.4, -0.2) is 66.0 Å². The zero-order valence-corrected chi connectivity index (χ0v) is 20.4. The maximum atomic E-state index is 12.8. The van der Waals surface area contributed by atoms with Crippen molar-refractivity contribution in [1.82, 2.24) is 14.8 Å². The molecule has 0 unspecified atom stereocenters. The quantitative estimate of drug-likeness (QED) is 0.541. The Morgan fingerprint density at radius 2 is 1.88 bits per heavy atom. The van der Waals surface area contributed by atoms with Crippen molar-refractivity contribution in [2.45, 2.75) is 33.4 Å². The first-order valence-electron chi connectivity index (χ1n) is 10.7. The van der Waals surface area contributed by atoms with E-state index in [9.17, 15) is 9.59 Å². The molecule has 4 heterocycles. The van der Waals surface area contributed by atoms with E-state index in [0.29, 0.717) is 21.5 Å². The minimum Gasteiger partial charge on any atom is -0.465 e. The first-order valence-corrected chi connectivity index (χ1v) is 12.3. The van der Waals surface area contributed by atoms with Gasteiger partial charge in [0.15, 0.2) is 0 Å². The first-order chi connectivity index (χ1) is 15.4. The molecule has 1 fully saturated rings. The fraction of sp³-hybridized carbons (Fsp3) is 0.435. The molecular formula is C23H28N4O3S2. The van der Waals surface area contributed by atoms with E-state index in [2.05, 4.69) is 29.0 Å². The summed E-state index contributed by atoms with van der Waals surface area (Å²) >= 11 is 2.67. The lowest BCUT2D eigenvalue weighted by molar-refractivity contribution is 0.0607. The van der Waals surface area contributed by atoms with Crippen LogP contribution >= 0.6 is 22.7 Å². The summed E-state index contributed by atoms with van der Waals surface area (Å²) in [4.78, 5) is 37.6. The summed E-state index contributed by atoms with van der Waals surface area (Å²) in [6.07, 6.45) is 0. The number of hydrogen-bond donors (Lipinski definition) is 1. The number of carbonyl (C=O) groups is 2. The van der Waals surface area contributed by atoms with Crippen LogP contribution in [0, 0.1) is 6.92 Å². The molecule has 1 aliphatic rings. The second-order valence-corrected chi connectivity index (χ2v) is 10.5. The van der Waals surface area contributed by atoms with Crippen molar-refractivity contribution in [2.75, 3.05) is 38.6 Å². The highest BCUT2D eigenvalue weighted by atomic mass is 32.1. The van der Waals surface area contributed by atoms with Gasteiger partial charge >= 0.3 is 5.97 Å². The Balaban J connectivity index is 1.57. The lowest BCUT2D eigenvalue weighted by Crippen LogP contribution is -2.48. The van der Waals surface area contributed by atoms with Crippen molar-refractivity contribution in [3.63, 3.8) is 0 Å². The highest BCUT2D eigenvalue weighted by Crippen LogP contribution is 2.36. The average molecular weight is 473 g/mol. The maximum Gasteiger partial charge on any atom is 0.350 e. The second-order valence-electron chi connectivity index (χ2n) is 8.22. The van der Waals surface area contributed by atoms with E-state index in [0.717, 1.165) is 53.5 Å². The zero-order valence-electron chi connectivity index (χ0n) is 18.8. The number of nitrogens with one attached hydrogen (secondary N) is 1. The van der Waals surface area contributed by atoms with Crippen molar-refractivity contribution in [3.8, 4) is 0 Å². The van der Waals surface area contributed by atoms with Crippen molar-refractivity contribution in [2.24, 2.45) is 0 Å². The Labute approximate surface area is 196 Å². The summed E-state index contributed by atoms with van der Waals surface area (Å²) in [6.45, 7) is 11.3. The predicted octanol–water partition coefficient (Wildman–Crippen LogP) is 4.23. The number of aryl methyl sites for hydroxylation is 1. The van der Waals surface area contributed by atoms with Gasteiger partial charge in [0, 0.05) is 49.0 Å². The number of rotatable bonds is 6. The molecule has 1 aliphatic heterocycles. The van der Waals surface area contributed by atoms with E-state index in [1.807, 2.05) is 25.1 Å². The van der Waals surface area contributed by atoms with Gasteiger partial charge in [-0.25, -0.2) is 9.78 Å². The molecule has 1 N–H and O–H groups in total. The molecular weight excluding hydrogens is 444 g/mol. The van der Waals surface area contributed by atoms with E-state index in [-0.39, 0.29) is 5.91 Å². The van der Waals surface area contributed by atoms with Crippen LogP contribution in [0.4, 0.5) is 5.69 Å². The number of thiophene rings is 2. The number of esters is 1. The minimum atomic E-state index is -0.475. The number of piperazine rings is 1. The second kappa shape index (κ2) is 9.66. The van der Waals surface area contributed by atoms with Crippen LogP contribution in [0.1, 0.15) is 43.8 Å². The van der Waals surface area contributed by atoms with Crippen molar-refractivity contribution < 1.29 is 14.3 Å². The summed E-state index contributed by atoms with van der Waals surface area (Å²) in [5.74, 6) is -0.711. The highest BCUT2D eigenvalue weighted by molar-refractivity contribution is 7.21. The number of hydrogen-bond acceptors (Lipinski definition) is 8. The Hall–Kier alpha value is -2.33. The Bertz CT molecular complexity index is 1130. The first kappa shape index (κ1) is 22.8. The highest BCUT2D eigenvalue weighted by Gasteiger charge is 2.24. The van der Waals surface area contributed by atoms with E-state index < -0.39 is 5.97 Å².